The zero-order valence-corrected chi connectivity index (χ0v) is 14.8. The number of amides is 1. The lowest BCUT2D eigenvalue weighted by molar-refractivity contribution is 0.100. The first-order valence-electron chi connectivity index (χ1n) is 6.94. The topological polar surface area (TPSA) is 98.3 Å². The molecular formula is C15H14N4O3S2. The third-order valence-corrected chi connectivity index (χ3v) is 6.32. The van der Waals surface area contributed by atoms with Crippen molar-refractivity contribution in [3.8, 4) is 11.4 Å². The van der Waals surface area contributed by atoms with E-state index in [0.29, 0.717) is 21.6 Å². The Morgan fingerprint density at radius 3 is 2.46 bits per heavy atom. The van der Waals surface area contributed by atoms with Crippen LogP contribution in [0, 0.1) is 13.8 Å². The highest BCUT2D eigenvalue weighted by atomic mass is 32.2. The number of hydrogen-bond acceptors (Lipinski definition) is 7. The summed E-state index contributed by atoms with van der Waals surface area (Å²) in [4.78, 5) is 20.5. The van der Waals surface area contributed by atoms with Crippen molar-refractivity contribution in [2.24, 2.45) is 4.36 Å². The number of aryl methyl sites for hydroxylation is 2. The lowest BCUT2D eigenvalue weighted by atomic mass is 10.1. The molecule has 0 saturated heterocycles. The van der Waals surface area contributed by atoms with Gasteiger partial charge in [-0.05, 0) is 19.1 Å². The van der Waals surface area contributed by atoms with Gasteiger partial charge in [-0.15, -0.1) is 11.3 Å². The van der Waals surface area contributed by atoms with E-state index in [-0.39, 0.29) is 0 Å². The fraction of sp³-hybridized carbons (Fsp3) is 0.200. The van der Waals surface area contributed by atoms with Gasteiger partial charge in [-0.2, -0.15) is 9.35 Å². The van der Waals surface area contributed by atoms with Crippen LogP contribution in [0.5, 0.6) is 0 Å². The van der Waals surface area contributed by atoms with Crippen LogP contribution in [0.15, 0.2) is 42.9 Å². The molecular weight excluding hydrogens is 348 g/mol. The summed E-state index contributed by atoms with van der Waals surface area (Å²) in [6.45, 7) is 3.50. The molecule has 1 atom stereocenters. The van der Waals surface area contributed by atoms with Gasteiger partial charge < -0.3 is 4.52 Å². The van der Waals surface area contributed by atoms with Crippen molar-refractivity contribution >= 4 is 27.0 Å². The first kappa shape index (κ1) is 16.5. The van der Waals surface area contributed by atoms with Crippen molar-refractivity contribution in [1.29, 1.82) is 0 Å². The van der Waals surface area contributed by atoms with E-state index >= 15 is 0 Å². The van der Waals surface area contributed by atoms with Crippen LogP contribution < -0.4 is 0 Å². The van der Waals surface area contributed by atoms with Gasteiger partial charge >= 0.3 is 0 Å². The highest BCUT2D eigenvalue weighted by Gasteiger charge is 2.15. The van der Waals surface area contributed by atoms with Gasteiger partial charge in [0, 0.05) is 35.4 Å². The van der Waals surface area contributed by atoms with Crippen molar-refractivity contribution in [3.05, 3.63) is 46.8 Å². The number of aromatic nitrogens is 3. The van der Waals surface area contributed by atoms with E-state index in [2.05, 4.69) is 19.5 Å². The highest BCUT2D eigenvalue weighted by Crippen LogP contribution is 2.20. The number of hydrogen-bond donors (Lipinski definition) is 0. The molecule has 3 aromatic rings. The second-order valence-electron chi connectivity index (χ2n) is 5.17. The van der Waals surface area contributed by atoms with E-state index in [1.165, 1.54) is 17.6 Å². The van der Waals surface area contributed by atoms with Crippen LogP contribution in [-0.4, -0.2) is 31.5 Å². The Hall–Kier alpha value is -2.39. The molecule has 2 aromatic heterocycles. The van der Waals surface area contributed by atoms with Crippen LogP contribution >= 0.6 is 11.3 Å². The molecule has 0 spiro atoms. The number of benzene rings is 1. The third kappa shape index (κ3) is 3.41. The molecule has 0 N–H and O–H groups in total. The van der Waals surface area contributed by atoms with Crippen LogP contribution in [0.3, 0.4) is 0 Å². The van der Waals surface area contributed by atoms with E-state index in [0.717, 1.165) is 11.3 Å². The van der Waals surface area contributed by atoms with Crippen LogP contribution in [0.1, 0.15) is 21.9 Å². The average molecular weight is 362 g/mol. The van der Waals surface area contributed by atoms with Crippen molar-refractivity contribution in [3.63, 3.8) is 0 Å². The molecule has 9 heteroatoms. The van der Waals surface area contributed by atoms with Crippen molar-refractivity contribution in [1.82, 2.24) is 15.1 Å². The number of rotatable bonds is 3. The predicted octanol–water partition coefficient (Wildman–Crippen LogP) is 3.11. The normalized spacial score (nSPS) is 13.5. The van der Waals surface area contributed by atoms with Gasteiger partial charge in [0.2, 0.25) is 11.7 Å². The number of carbonyl (C=O) groups excluding carboxylic acids is 1. The lowest BCUT2D eigenvalue weighted by Gasteiger charge is -2.01. The van der Waals surface area contributed by atoms with Crippen molar-refractivity contribution in [2.75, 3.05) is 6.26 Å². The maximum atomic E-state index is 12.6. The summed E-state index contributed by atoms with van der Waals surface area (Å²) in [6, 6.07) is 6.57. The zero-order chi connectivity index (χ0) is 17.3. The van der Waals surface area contributed by atoms with E-state index < -0.39 is 15.6 Å². The molecule has 0 radical (unpaired) electrons. The molecule has 0 saturated carbocycles. The Morgan fingerprint density at radius 2 is 1.92 bits per heavy atom. The summed E-state index contributed by atoms with van der Waals surface area (Å²) in [5.74, 6) is 0.358. The summed E-state index contributed by atoms with van der Waals surface area (Å²) < 4.78 is 21.7. The molecule has 0 fully saturated rings. The van der Waals surface area contributed by atoms with Gasteiger partial charge in [-0.25, -0.2) is 9.19 Å². The first-order valence-corrected chi connectivity index (χ1v) is 9.75. The molecule has 0 aliphatic rings. The molecule has 1 aromatic carbocycles. The monoisotopic (exact) mass is 362 g/mol. The van der Waals surface area contributed by atoms with Crippen molar-refractivity contribution < 1.29 is 13.5 Å². The summed E-state index contributed by atoms with van der Waals surface area (Å²) in [5.41, 5.74) is 1.81. The molecule has 0 aliphatic heterocycles. The van der Waals surface area contributed by atoms with E-state index in [4.69, 9.17) is 4.52 Å². The smallest absolute Gasteiger partial charge is 0.285 e. The molecule has 0 aliphatic carbocycles. The highest BCUT2D eigenvalue weighted by molar-refractivity contribution is 7.95. The van der Waals surface area contributed by atoms with E-state index in [1.54, 1.807) is 43.5 Å². The van der Waals surface area contributed by atoms with E-state index in [9.17, 15) is 9.00 Å². The second-order valence-corrected chi connectivity index (χ2v) is 8.46. The number of nitrogens with zero attached hydrogens (tertiary/aromatic N) is 4. The van der Waals surface area contributed by atoms with Gasteiger partial charge in [0.05, 0.1) is 0 Å². The molecule has 3 rings (SSSR count). The fourth-order valence-corrected chi connectivity index (χ4v) is 4.24. The molecule has 1 unspecified atom stereocenters. The van der Waals surface area contributed by atoms with Gasteiger partial charge in [0.25, 0.3) is 5.91 Å². The minimum atomic E-state index is -2.85. The Morgan fingerprint density at radius 1 is 1.21 bits per heavy atom. The van der Waals surface area contributed by atoms with Crippen LogP contribution in [0.4, 0.5) is 0 Å². The standard InChI is InChI=1S/C15H14N4O3S2/c1-9-8-23-15(16-9)24(3,21)19-14(20)12-6-4-11(5-7-12)13-17-10(2)22-18-13/h4-8H,1-3H3. The molecule has 24 heavy (non-hydrogen) atoms. The summed E-state index contributed by atoms with van der Waals surface area (Å²) in [6.07, 6.45) is 1.42. The number of carbonyl (C=O) groups is 1. The number of thiazole rings is 1. The van der Waals surface area contributed by atoms with E-state index in [1.807, 2.05) is 0 Å². The molecule has 1 amide bonds. The summed E-state index contributed by atoms with van der Waals surface area (Å²) >= 11 is 1.24. The van der Waals surface area contributed by atoms with Crippen molar-refractivity contribution in [2.45, 2.75) is 18.2 Å². The maximum Gasteiger partial charge on any atom is 0.285 e. The third-order valence-electron chi connectivity index (χ3n) is 3.10. The Labute approximate surface area is 142 Å². The molecule has 7 nitrogen and oxygen atoms in total. The van der Waals surface area contributed by atoms with Gasteiger partial charge in [0.15, 0.2) is 4.34 Å². The second kappa shape index (κ2) is 6.25. The summed E-state index contributed by atoms with van der Waals surface area (Å²) in [5, 5.41) is 5.59. The quantitative estimate of drug-likeness (QED) is 0.710. The lowest BCUT2D eigenvalue weighted by Crippen LogP contribution is -2.03. The minimum Gasteiger partial charge on any atom is -0.339 e. The molecule has 0 bridgehead atoms. The first-order chi connectivity index (χ1) is 11.3. The van der Waals surface area contributed by atoms with Crippen LogP contribution in [0.2, 0.25) is 0 Å². The predicted molar refractivity (Wildman–Crippen MR) is 90.4 cm³/mol. The largest absolute Gasteiger partial charge is 0.339 e. The van der Waals surface area contributed by atoms with Crippen LogP contribution in [0.25, 0.3) is 11.4 Å². The van der Waals surface area contributed by atoms with Gasteiger partial charge in [-0.3, -0.25) is 4.79 Å². The Bertz CT molecular complexity index is 1010. The Kier molecular flexibility index (Phi) is 4.29. The maximum absolute atomic E-state index is 12.6. The van der Waals surface area contributed by atoms with Gasteiger partial charge in [0.1, 0.15) is 9.73 Å². The SMILES string of the molecule is Cc1csc(S(C)(=O)=NC(=O)c2ccc(-c3noc(C)n3)cc2)n1. The Balaban J connectivity index is 1.88. The molecule has 2 heterocycles. The summed E-state index contributed by atoms with van der Waals surface area (Å²) in [7, 11) is -2.85. The van der Waals surface area contributed by atoms with Gasteiger partial charge in [-0.1, -0.05) is 17.3 Å². The average Bonchev–Trinajstić information content (AvgIpc) is 3.16. The zero-order valence-electron chi connectivity index (χ0n) is 13.2. The minimum absolute atomic E-state index is 0.335. The van der Waals surface area contributed by atoms with Crippen LogP contribution in [-0.2, 0) is 9.73 Å². The molecule has 124 valence electrons. The fourth-order valence-electron chi connectivity index (χ4n) is 1.93.